The molecule has 0 saturated carbocycles. The summed E-state index contributed by atoms with van der Waals surface area (Å²) in [6.07, 6.45) is 3.43. The number of anilines is 1. The number of nitrogens with zero attached hydrogens (tertiary/aromatic N) is 1. The number of rotatable bonds is 6. The minimum Gasteiger partial charge on any atom is -0.325 e. The first-order valence-corrected chi connectivity index (χ1v) is 8.04. The van der Waals surface area contributed by atoms with Gasteiger partial charge >= 0.3 is 0 Å². The number of likely N-dealkylation sites (tertiary alicyclic amines) is 1. The highest BCUT2D eigenvalue weighted by Gasteiger charge is 2.26. The molecule has 2 rings (SSSR count). The van der Waals surface area contributed by atoms with Gasteiger partial charge in [-0.15, -0.1) is 0 Å². The Balaban J connectivity index is 1.78. The summed E-state index contributed by atoms with van der Waals surface area (Å²) in [6.45, 7) is 7.26. The summed E-state index contributed by atoms with van der Waals surface area (Å²) >= 11 is 0. The van der Waals surface area contributed by atoms with Crippen LogP contribution in [0.4, 0.5) is 5.69 Å². The van der Waals surface area contributed by atoms with Crippen molar-refractivity contribution in [2.24, 2.45) is 0 Å². The van der Waals surface area contributed by atoms with Crippen molar-refractivity contribution in [1.82, 2.24) is 10.2 Å². The monoisotopic (exact) mass is 289 g/mol. The van der Waals surface area contributed by atoms with Crippen molar-refractivity contribution in [2.45, 2.75) is 45.2 Å². The van der Waals surface area contributed by atoms with Crippen LogP contribution in [-0.2, 0) is 4.79 Å². The Labute approximate surface area is 127 Å². The van der Waals surface area contributed by atoms with Crippen LogP contribution >= 0.6 is 0 Å². The van der Waals surface area contributed by atoms with Gasteiger partial charge in [0.25, 0.3) is 0 Å². The second-order valence-corrected chi connectivity index (χ2v) is 5.80. The van der Waals surface area contributed by atoms with Crippen LogP contribution in [0.3, 0.4) is 0 Å². The predicted octanol–water partition coefficient (Wildman–Crippen LogP) is 2.48. The van der Waals surface area contributed by atoms with Gasteiger partial charge in [0.1, 0.15) is 0 Å². The Bertz CT molecular complexity index is 427. The lowest BCUT2D eigenvalue weighted by molar-refractivity contribution is -0.121. The summed E-state index contributed by atoms with van der Waals surface area (Å²) in [6, 6.07) is 10.2. The number of para-hydroxylation sites is 1. The molecule has 1 aromatic rings. The fraction of sp³-hybridized carbons (Fsp3) is 0.588. The molecule has 1 aromatic carbocycles. The standard InChI is InChI=1S/C17H27N3O/c1-3-11-18-15-9-12-20(13-10-15)14(2)17(21)19-16-7-5-4-6-8-16/h4-8,14-15,18H,3,9-13H2,1-2H3,(H,19,21). The van der Waals surface area contributed by atoms with Gasteiger partial charge < -0.3 is 10.6 Å². The zero-order valence-corrected chi connectivity index (χ0v) is 13.1. The van der Waals surface area contributed by atoms with Gasteiger partial charge in [0.2, 0.25) is 5.91 Å². The molecule has 1 unspecified atom stereocenters. The van der Waals surface area contributed by atoms with E-state index < -0.39 is 0 Å². The molecule has 1 heterocycles. The summed E-state index contributed by atoms with van der Waals surface area (Å²) in [5.74, 6) is 0.0844. The number of benzene rings is 1. The normalized spacial score (nSPS) is 18.4. The van der Waals surface area contributed by atoms with Crippen molar-refractivity contribution in [3.05, 3.63) is 30.3 Å². The van der Waals surface area contributed by atoms with E-state index in [4.69, 9.17) is 0 Å². The Morgan fingerprint density at radius 3 is 2.57 bits per heavy atom. The summed E-state index contributed by atoms with van der Waals surface area (Å²) in [5, 5.41) is 6.56. The van der Waals surface area contributed by atoms with E-state index in [1.54, 1.807) is 0 Å². The summed E-state index contributed by atoms with van der Waals surface area (Å²) in [7, 11) is 0. The van der Waals surface area contributed by atoms with Crippen molar-refractivity contribution < 1.29 is 4.79 Å². The average Bonchev–Trinajstić information content (AvgIpc) is 2.53. The van der Waals surface area contributed by atoms with Crippen molar-refractivity contribution in [3.8, 4) is 0 Å². The van der Waals surface area contributed by atoms with E-state index in [0.29, 0.717) is 6.04 Å². The molecule has 1 saturated heterocycles. The molecule has 1 aliphatic heterocycles. The van der Waals surface area contributed by atoms with E-state index in [0.717, 1.165) is 38.2 Å². The van der Waals surface area contributed by atoms with Crippen LogP contribution in [0.1, 0.15) is 33.1 Å². The van der Waals surface area contributed by atoms with Crippen LogP contribution in [0, 0.1) is 0 Å². The third kappa shape index (κ3) is 4.83. The number of carbonyl (C=O) groups is 1. The zero-order valence-electron chi connectivity index (χ0n) is 13.1. The van der Waals surface area contributed by atoms with E-state index in [1.165, 1.54) is 6.42 Å². The van der Waals surface area contributed by atoms with Gasteiger partial charge in [0.15, 0.2) is 0 Å². The van der Waals surface area contributed by atoms with Crippen LogP contribution in [0.25, 0.3) is 0 Å². The molecule has 1 atom stereocenters. The zero-order chi connectivity index (χ0) is 15.1. The van der Waals surface area contributed by atoms with E-state index >= 15 is 0 Å². The van der Waals surface area contributed by atoms with E-state index in [9.17, 15) is 4.79 Å². The Morgan fingerprint density at radius 2 is 1.95 bits per heavy atom. The first kappa shape index (κ1) is 16.0. The molecule has 0 spiro atoms. The first-order chi connectivity index (χ1) is 10.2. The lowest BCUT2D eigenvalue weighted by Gasteiger charge is -2.35. The minimum absolute atomic E-state index is 0.0719. The van der Waals surface area contributed by atoms with Crippen LogP contribution in [0.15, 0.2) is 30.3 Å². The summed E-state index contributed by atoms with van der Waals surface area (Å²) in [4.78, 5) is 14.6. The van der Waals surface area contributed by atoms with Gasteiger partial charge in [-0.05, 0) is 44.9 Å². The molecular formula is C17H27N3O. The smallest absolute Gasteiger partial charge is 0.241 e. The molecule has 4 nitrogen and oxygen atoms in total. The fourth-order valence-corrected chi connectivity index (χ4v) is 2.77. The number of amides is 1. The van der Waals surface area contributed by atoms with E-state index in [2.05, 4.69) is 22.5 Å². The predicted molar refractivity (Wildman–Crippen MR) is 87.4 cm³/mol. The van der Waals surface area contributed by atoms with Crippen molar-refractivity contribution in [2.75, 3.05) is 25.0 Å². The molecule has 1 fully saturated rings. The third-order valence-corrected chi connectivity index (χ3v) is 4.18. The lowest BCUT2D eigenvalue weighted by atomic mass is 10.0. The molecule has 116 valence electrons. The number of carbonyl (C=O) groups excluding carboxylic acids is 1. The molecule has 0 aliphatic carbocycles. The Hall–Kier alpha value is -1.39. The van der Waals surface area contributed by atoms with Crippen LogP contribution < -0.4 is 10.6 Å². The first-order valence-electron chi connectivity index (χ1n) is 8.04. The quantitative estimate of drug-likeness (QED) is 0.845. The van der Waals surface area contributed by atoms with E-state index in [1.807, 2.05) is 37.3 Å². The topological polar surface area (TPSA) is 44.4 Å². The number of hydrogen-bond acceptors (Lipinski definition) is 3. The number of hydrogen-bond donors (Lipinski definition) is 2. The minimum atomic E-state index is -0.0719. The van der Waals surface area contributed by atoms with Gasteiger partial charge in [-0.1, -0.05) is 25.1 Å². The lowest BCUT2D eigenvalue weighted by Crippen LogP contribution is -2.49. The highest BCUT2D eigenvalue weighted by Crippen LogP contribution is 2.15. The fourth-order valence-electron chi connectivity index (χ4n) is 2.77. The third-order valence-electron chi connectivity index (χ3n) is 4.18. The maximum absolute atomic E-state index is 12.3. The van der Waals surface area contributed by atoms with Gasteiger partial charge in [0, 0.05) is 24.8 Å². The maximum Gasteiger partial charge on any atom is 0.241 e. The van der Waals surface area contributed by atoms with Gasteiger partial charge in [-0.2, -0.15) is 0 Å². The molecule has 21 heavy (non-hydrogen) atoms. The van der Waals surface area contributed by atoms with Crippen LogP contribution in [-0.4, -0.2) is 42.5 Å². The van der Waals surface area contributed by atoms with Crippen LogP contribution in [0.5, 0.6) is 0 Å². The molecule has 0 bridgehead atoms. The van der Waals surface area contributed by atoms with Gasteiger partial charge in [-0.25, -0.2) is 0 Å². The Kier molecular flexibility index (Phi) is 6.21. The largest absolute Gasteiger partial charge is 0.325 e. The van der Waals surface area contributed by atoms with Crippen molar-refractivity contribution >= 4 is 11.6 Å². The second kappa shape index (κ2) is 8.15. The maximum atomic E-state index is 12.3. The second-order valence-electron chi connectivity index (χ2n) is 5.80. The van der Waals surface area contributed by atoms with E-state index in [-0.39, 0.29) is 11.9 Å². The SMILES string of the molecule is CCCNC1CCN(C(C)C(=O)Nc2ccccc2)CC1. The molecule has 1 aliphatic rings. The van der Waals surface area contributed by atoms with Crippen molar-refractivity contribution in [3.63, 3.8) is 0 Å². The van der Waals surface area contributed by atoms with Gasteiger partial charge in [0.05, 0.1) is 6.04 Å². The number of nitrogens with one attached hydrogen (secondary N) is 2. The Morgan fingerprint density at radius 1 is 1.29 bits per heavy atom. The summed E-state index contributed by atoms with van der Waals surface area (Å²) in [5.41, 5.74) is 0.869. The van der Waals surface area contributed by atoms with Crippen molar-refractivity contribution in [1.29, 1.82) is 0 Å². The molecule has 0 radical (unpaired) electrons. The molecule has 4 heteroatoms. The average molecular weight is 289 g/mol. The molecular weight excluding hydrogens is 262 g/mol. The number of piperidine rings is 1. The summed E-state index contributed by atoms with van der Waals surface area (Å²) < 4.78 is 0. The highest BCUT2D eigenvalue weighted by molar-refractivity contribution is 5.94. The molecule has 1 amide bonds. The molecule has 0 aromatic heterocycles. The van der Waals surface area contributed by atoms with Crippen LogP contribution in [0.2, 0.25) is 0 Å². The van der Waals surface area contributed by atoms with Gasteiger partial charge in [-0.3, -0.25) is 9.69 Å². The highest BCUT2D eigenvalue weighted by atomic mass is 16.2. The molecule has 2 N–H and O–H groups in total.